The van der Waals surface area contributed by atoms with Crippen molar-refractivity contribution in [3.05, 3.63) is 73.3 Å². The first-order valence-electron chi connectivity index (χ1n) is 11.7. The van der Waals surface area contributed by atoms with Gasteiger partial charge in [-0.3, -0.25) is 14.9 Å². The van der Waals surface area contributed by atoms with E-state index in [2.05, 4.69) is 5.10 Å². The minimum Gasteiger partial charge on any atom is -0.474 e. The minimum absolute atomic E-state index is 0.0569. The van der Waals surface area contributed by atoms with Gasteiger partial charge in [0.25, 0.3) is 5.56 Å². The average Bonchev–Trinajstić information content (AvgIpc) is 2.87. The van der Waals surface area contributed by atoms with Gasteiger partial charge < -0.3 is 9.47 Å². The molecule has 0 radical (unpaired) electrons. The first-order valence-corrected chi connectivity index (χ1v) is 12.1. The summed E-state index contributed by atoms with van der Waals surface area (Å²) in [5.74, 6) is -0.289. The van der Waals surface area contributed by atoms with Gasteiger partial charge in [0.15, 0.2) is 6.61 Å². The second-order valence-corrected chi connectivity index (χ2v) is 8.81. The van der Waals surface area contributed by atoms with Crippen LogP contribution in [0, 0.1) is 10.1 Å². The number of halogens is 1. The number of carbonyl (C=O) groups excluding carboxylic acids is 1. The predicted molar refractivity (Wildman–Crippen MR) is 135 cm³/mol. The van der Waals surface area contributed by atoms with Crippen molar-refractivity contribution in [3.63, 3.8) is 0 Å². The second kappa shape index (κ2) is 11.3. The van der Waals surface area contributed by atoms with Crippen LogP contribution in [-0.2, 0) is 9.53 Å². The lowest BCUT2D eigenvalue weighted by Crippen LogP contribution is -2.25. The Bertz CT molecular complexity index is 1380. The summed E-state index contributed by atoms with van der Waals surface area (Å²) in [4.78, 5) is 41.0. The lowest BCUT2D eigenvalue weighted by atomic mass is 9.88. The van der Waals surface area contributed by atoms with Crippen molar-refractivity contribution in [2.45, 2.75) is 44.9 Å². The van der Waals surface area contributed by atoms with Gasteiger partial charge in [0.1, 0.15) is 5.82 Å². The number of carbonyl (C=O) groups is 1. The Morgan fingerprint density at radius 1 is 1.28 bits per heavy atom. The Labute approximate surface area is 211 Å². The highest BCUT2D eigenvalue weighted by Gasteiger charge is 2.24. The molecule has 36 heavy (non-hydrogen) atoms. The van der Waals surface area contributed by atoms with Crippen LogP contribution < -0.4 is 10.3 Å². The third kappa shape index (κ3) is 5.54. The van der Waals surface area contributed by atoms with Gasteiger partial charge in [0.05, 0.1) is 28.6 Å². The first kappa shape index (κ1) is 25.3. The van der Waals surface area contributed by atoms with E-state index in [1.807, 2.05) is 6.07 Å². The van der Waals surface area contributed by atoms with Gasteiger partial charge in [-0.05, 0) is 38.0 Å². The Kier molecular flexibility index (Phi) is 7.94. The third-order valence-electron chi connectivity index (χ3n) is 5.96. The second-order valence-electron chi connectivity index (χ2n) is 8.38. The van der Waals surface area contributed by atoms with Crippen LogP contribution in [0.1, 0.15) is 56.3 Å². The highest BCUT2D eigenvalue weighted by Crippen LogP contribution is 2.34. The molecule has 0 N–H and O–H groups in total. The van der Waals surface area contributed by atoms with Crippen molar-refractivity contribution in [3.8, 4) is 5.75 Å². The van der Waals surface area contributed by atoms with Crippen molar-refractivity contribution in [1.29, 1.82) is 0 Å². The van der Waals surface area contributed by atoms with Crippen LogP contribution in [0.5, 0.6) is 5.75 Å². The van der Waals surface area contributed by atoms with E-state index in [4.69, 9.17) is 26.1 Å². The third-order valence-corrected chi connectivity index (χ3v) is 6.18. The maximum absolute atomic E-state index is 13.4. The molecule has 2 aromatic carbocycles. The van der Waals surface area contributed by atoms with Crippen LogP contribution in [0.2, 0.25) is 5.02 Å². The molecule has 1 aromatic heterocycles. The Morgan fingerprint density at radius 2 is 2.03 bits per heavy atom. The molecule has 0 atom stereocenters. The van der Waals surface area contributed by atoms with Crippen LogP contribution in [-0.4, -0.2) is 40.0 Å². The van der Waals surface area contributed by atoms with Crippen molar-refractivity contribution < 1.29 is 19.2 Å². The molecule has 0 saturated heterocycles. The topological polar surface area (TPSA) is 126 Å². The monoisotopic (exact) mass is 512 g/mol. The summed E-state index contributed by atoms with van der Waals surface area (Å²) in [6, 6.07) is 9.58. The van der Waals surface area contributed by atoms with E-state index >= 15 is 0 Å². The van der Waals surface area contributed by atoms with E-state index in [0.29, 0.717) is 16.7 Å². The van der Waals surface area contributed by atoms with E-state index < -0.39 is 23.2 Å². The fourth-order valence-electron chi connectivity index (χ4n) is 4.32. The number of benzene rings is 2. The molecule has 0 aliphatic heterocycles. The molecule has 10 nitrogen and oxygen atoms in total. The minimum atomic E-state index is -0.681. The summed E-state index contributed by atoms with van der Waals surface area (Å²) in [5, 5.41) is 16.6. The zero-order valence-electron chi connectivity index (χ0n) is 19.7. The van der Waals surface area contributed by atoms with Gasteiger partial charge in [-0.25, -0.2) is 9.78 Å². The van der Waals surface area contributed by atoms with E-state index in [0.717, 1.165) is 38.2 Å². The largest absolute Gasteiger partial charge is 0.474 e. The Hall–Kier alpha value is -3.79. The van der Waals surface area contributed by atoms with Crippen molar-refractivity contribution >= 4 is 40.4 Å². The lowest BCUT2D eigenvalue weighted by Gasteiger charge is -2.22. The zero-order valence-corrected chi connectivity index (χ0v) is 20.4. The molecular weight excluding hydrogens is 488 g/mol. The SMILES string of the molecule is CCOC(=O)COc1c(C=Nn2c(C3CCCCC3)nc3ccccc3c2=O)cc(Cl)cc1[N+](=O)[O-]. The molecule has 0 unspecified atom stereocenters. The smallest absolute Gasteiger partial charge is 0.344 e. The Balaban J connectivity index is 1.82. The van der Waals surface area contributed by atoms with E-state index in [9.17, 15) is 19.7 Å². The van der Waals surface area contributed by atoms with E-state index in [1.165, 1.54) is 17.0 Å². The van der Waals surface area contributed by atoms with Gasteiger partial charge in [-0.1, -0.05) is 43.0 Å². The molecule has 3 aromatic rings. The number of nitro groups is 1. The fraction of sp³-hybridized carbons (Fsp3) is 0.360. The number of ether oxygens (including phenoxy) is 2. The summed E-state index contributed by atoms with van der Waals surface area (Å²) in [6.45, 7) is 1.24. The summed E-state index contributed by atoms with van der Waals surface area (Å²) in [5.41, 5.74) is -0.0628. The van der Waals surface area contributed by atoms with Gasteiger partial charge in [-0.2, -0.15) is 9.78 Å². The van der Waals surface area contributed by atoms with Gasteiger partial charge in [0, 0.05) is 22.6 Å². The van der Waals surface area contributed by atoms with E-state index in [1.54, 1.807) is 25.1 Å². The number of nitro benzene ring substituents is 1. The maximum Gasteiger partial charge on any atom is 0.344 e. The quantitative estimate of drug-likeness (QED) is 0.183. The summed E-state index contributed by atoms with van der Waals surface area (Å²) in [7, 11) is 0. The highest BCUT2D eigenvalue weighted by atomic mass is 35.5. The number of nitrogens with zero attached hydrogens (tertiary/aromatic N) is 4. The zero-order chi connectivity index (χ0) is 25.7. The maximum atomic E-state index is 13.4. The number of aromatic nitrogens is 2. The van der Waals surface area contributed by atoms with Crippen molar-refractivity contribution in [1.82, 2.24) is 9.66 Å². The van der Waals surface area contributed by atoms with Crippen LogP contribution in [0.4, 0.5) is 5.69 Å². The molecule has 188 valence electrons. The molecule has 11 heteroatoms. The first-order chi connectivity index (χ1) is 17.4. The molecule has 0 amide bonds. The molecular formula is C25H25ClN4O6. The molecule has 0 bridgehead atoms. The van der Waals surface area contributed by atoms with Gasteiger partial charge in [-0.15, -0.1) is 0 Å². The average molecular weight is 513 g/mol. The number of hydrogen-bond acceptors (Lipinski definition) is 8. The van der Waals surface area contributed by atoms with Crippen molar-refractivity contribution in [2.24, 2.45) is 5.10 Å². The molecule has 4 rings (SSSR count). The number of fused-ring (bicyclic) bond motifs is 1. The van der Waals surface area contributed by atoms with Gasteiger partial charge >= 0.3 is 11.7 Å². The Morgan fingerprint density at radius 3 is 2.75 bits per heavy atom. The van der Waals surface area contributed by atoms with E-state index in [-0.39, 0.29) is 34.4 Å². The van der Waals surface area contributed by atoms with Crippen LogP contribution in [0.3, 0.4) is 0 Å². The standard InChI is InChI=1S/C25H25ClN4O6/c1-2-35-22(31)15-36-23-17(12-18(26)13-21(23)30(33)34)14-27-29-24(16-8-4-3-5-9-16)28-20-11-7-6-10-19(20)25(29)32/h6-7,10-14,16H,2-5,8-9,15H2,1H3. The highest BCUT2D eigenvalue weighted by molar-refractivity contribution is 6.31. The number of hydrogen-bond donors (Lipinski definition) is 0. The number of esters is 1. The molecule has 1 heterocycles. The summed E-state index contributed by atoms with van der Waals surface area (Å²) >= 11 is 6.13. The molecule has 1 aliphatic carbocycles. The summed E-state index contributed by atoms with van der Waals surface area (Å²) < 4.78 is 11.6. The fourth-order valence-corrected chi connectivity index (χ4v) is 4.54. The molecule has 1 saturated carbocycles. The van der Waals surface area contributed by atoms with Gasteiger partial charge in [0.2, 0.25) is 5.75 Å². The molecule has 1 aliphatic rings. The number of para-hydroxylation sites is 1. The predicted octanol–water partition coefficient (Wildman–Crippen LogP) is 4.83. The van der Waals surface area contributed by atoms with Crippen molar-refractivity contribution in [2.75, 3.05) is 13.2 Å². The normalized spacial score (nSPS) is 14.3. The number of rotatable bonds is 8. The molecule has 0 spiro atoms. The van der Waals surface area contributed by atoms with Crippen LogP contribution in [0.15, 0.2) is 46.3 Å². The molecule has 1 fully saturated rings. The lowest BCUT2D eigenvalue weighted by molar-refractivity contribution is -0.385. The summed E-state index contributed by atoms with van der Waals surface area (Å²) in [6.07, 6.45) is 6.23. The van der Waals surface area contributed by atoms with Crippen LogP contribution in [0.25, 0.3) is 10.9 Å². The van der Waals surface area contributed by atoms with Crippen LogP contribution >= 0.6 is 11.6 Å².